The van der Waals surface area contributed by atoms with Gasteiger partial charge in [-0.15, -0.1) is 0 Å². The molecule has 116 valence electrons. The fraction of sp³-hybridized carbons (Fsp3) is 0.0714. The summed E-state index contributed by atoms with van der Waals surface area (Å²) in [5.74, 6) is -0.426. The highest BCUT2D eigenvalue weighted by Gasteiger charge is 2.16. The van der Waals surface area contributed by atoms with Gasteiger partial charge in [-0.2, -0.15) is 0 Å². The van der Waals surface area contributed by atoms with Gasteiger partial charge in [-0.3, -0.25) is 4.79 Å². The van der Waals surface area contributed by atoms with E-state index in [4.69, 9.17) is 11.6 Å². The normalized spacial score (nSPS) is 11.3. The molecule has 0 aliphatic rings. The van der Waals surface area contributed by atoms with Gasteiger partial charge in [0.25, 0.3) is 5.91 Å². The van der Waals surface area contributed by atoms with Crippen molar-refractivity contribution < 1.29 is 13.2 Å². The molecule has 4 nitrogen and oxygen atoms in total. The number of halogens is 3. The zero-order chi connectivity index (χ0) is 16.5. The molecule has 8 heteroatoms. The van der Waals surface area contributed by atoms with Crippen molar-refractivity contribution in [3.05, 3.63) is 55.9 Å². The van der Waals surface area contributed by atoms with E-state index in [1.807, 2.05) is 0 Å². The number of anilines is 1. The molecule has 0 saturated carbocycles. The van der Waals surface area contributed by atoms with Crippen molar-refractivity contribution in [2.24, 2.45) is 0 Å². The monoisotopic (exact) mass is 465 g/mol. The van der Waals surface area contributed by atoms with Crippen LogP contribution in [-0.2, 0) is 9.84 Å². The summed E-state index contributed by atoms with van der Waals surface area (Å²) in [7, 11) is -3.50. The first kappa shape index (κ1) is 17.5. The van der Waals surface area contributed by atoms with Gasteiger partial charge < -0.3 is 5.32 Å². The van der Waals surface area contributed by atoms with Crippen molar-refractivity contribution in [1.82, 2.24) is 0 Å². The molecule has 0 heterocycles. The second kappa shape index (κ2) is 6.70. The lowest BCUT2D eigenvalue weighted by Gasteiger charge is -2.09. The predicted octanol–water partition coefficient (Wildman–Crippen LogP) is 4.52. The molecule has 0 aliphatic heterocycles. The number of amides is 1. The fourth-order valence-electron chi connectivity index (χ4n) is 1.71. The molecule has 0 aromatic heterocycles. The lowest BCUT2D eigenvalue weighted by Crippen LogP contribution is -2.13. The molecule has 0 atom stereocenters. The van der Waals surface area contributed by atoms with E-state index in [0.29, 0.717) is 10.2 Å². The molecule has 0 fully saturated rings. The Labute approximate surface area is 150 Å². The van der Waals surface area contributed by atoms with E-state index in [9.17, 15) is 13.2 Å². The standard InChI is InChI=1S/C14H10Br2ClNO3S/c1-22(20,21)13-6-8(2-4-11(13)17)14(19)18-12-5-3-9(15)7-10(12)16/h2-7H,1H3,(H,18,19). The number of rotatable bonds is 3. The van der Waals surface area contributed by atoms with E-state index in [1.54, 1.807) is 18.2 Å². The molecule has 2 aromatic rings. The number of hydrogen-bond acceptors (Lipinski definition) is 3. The molecular weight excluding hydrogens is 457 g/mol. The van der Waals surface area contributed by atoms with Crippen LogP contribution < -0.4 is 5.32 Å². The van der Waals surface area contributed by atoms with Crippen molar-refractivity contribution in [3.8, 4) is 0 Å². The van der Waals surface area contributed by atoms with Gasteiger partial charge in [0, 0.05) is 20.8 Å². The maximum Gasteiger partial charge on any atom is 0.255 e. The molecule has 1 amide bonds. The smallest absolute Gasteiger partial charge is 0.255 e. The highest BCUT2D eigenvalue weighted by Crippen LogP contribution is 2.27. The van der Waals surface area contributed by atoms with E-state index in [0.717, 1.165) is 10.7 Å². The van der Waals surface area contributed by atoms with Gasteiger partial charge in [0.05, 0.1) is 15.6 Å². The first-order valence-electron chi connectivity index (χ1n) is 5.94. The minimum atomic E-state index is -3.50. The molecule has 0 bridgehead atoms. The van der Waals surface area contributed by atoms with Crippen LogP contribution in [0.25, 0.3) is 0 Å². The van der Waals surface area contributed by atoms with Gasteiger partial charge in [0.1, 0.15) is 0 Å². The van der Waals surface area contributed by atoms with Gasteiger partial charge in [0.2, 0.25) is 0 Å². The van der Waals surface area contributed by atoms with Crippen LogP contribution in [0.4, 0.5) is 5.69 Å². The molecular formula is C14H10Br2ClNO3S. The topological polar surface area (TPSA) is 63.2 Å². The average molecular weight is 468 g/mol. The lowest BCUT2D eigenvalue weighted by molar-refractivity contribution is 0.102. The maximum absolute atomic E-state index is 12.3. The number of carbonyl (C=O) groups excluding carboxylic acids is 1. The molecule has 0 saturated heterocycles. The molecule has 1 N–H and O–H groups in total. The quantitative estimate of drug-likeness (QED) is 0.722. The molecule has 2 rings (SSSR count). The summed E-state index contributed by atoms with van der Waals surface area (Å²) >= 11 is 12.5. The van der Waals surface area contributed by atoms with Crippen LogP contribution in [0.15, 0.2) is 50.2 Å². The summed E-state index contributed by atoms with van der Waals surface area (Å²) in [5.41, 5.74) is 0.781. The van der Waals surface area contributed by atoms with Crippen molar-refractivity contribution >= 4 is 64.9 Å². The van der Waals surface area contributed by atoms with E-state index < -0.39 is 15.7 Å². The molecule has 0 aliphatic carbocycles. The van der Waals surface area contributed by atoms with Crippen molar-refractivity contribution in [2.45, 2.75) is 4.90 Å². The predicted molar refractivity (Wildman–Crippen MR) is 94.4 cm³/mol. The first-order valence-corrected chi connectivity index (χ1v) is 9.80. The summed E-state index contributed by atoms with van der Waals surface area (Å²) in [6.07, 6.45) is 1.04. The zero-order valence-electron chi connectivity index (χ0n) is 11.2. The third-order valence-corrected chi connectivity index (χ3v) is 5.50. The minimum absolute atomic E-state index is 0.0725. The summed E-state index contributed by atoms with van der Waals surface area (Å²) in [4.78, 5) is 12.2. The number of benzene rings is 2. The Bertz CT molecular complexity index is 853. The summed E-state index contributed by atoms with van der Waals surface area (Å²) in [6.45, 7) is 0. The van der Waals surface area contributed by atoms with Crippen molar-refractivity contribution in [3.63, 3.8) is 0 Å². The van der Waals surface area contributed by atoms with Gasteiger partial charge >= 0.3 is 0 Å². The van der Waals surface area contributed by atoms with E-state index in [2.05, 4.69) is 37.2 Å². The summed E-state index contributed by atoms with van der Waals surface area (Å²) < 4.78 is 24.9. The Morgan fingerprint density at radius 1 is 1.14 bits per heavy atom. The number of nitrogens with one attached hydrogen (secondary N) is 1. The Kier molecular flexibility index (Phi) is 5.32. The molecule has 0 unspecified atom stereocenters. The Hall–Kier alpha value is -0.890. The number of carbonyl (C=O) groups is 1. The second-order valence-corrected chi connectivity index (χ2v) is 8.66. The van der Waals surface area contributed by atoms with E-state index in [1.165, 1.54) is 18.2 Å². The van der Waals surface area contributed by atoms with Crippen LogP contribution in [0.3, 0.4) is 0 Å². The van der Waals surface area contributed by atoms with Gasteiger partial charge in [-0.1, -0.05) is 27.5 Å². The third kappa shape index (κ3) is 4.10. The van der Waals surface area contributed by atoms with Gasteiger partial charge in [-0.25, -0.2) is 8.42 Å². The maximum atomic E-state index is 12.3. The molecule has 22 heavy (non-hydrogen) atoms. The SMILES string of the molecule is CS(=O)(=O)c1cc(C(=O)Nc2ccc(Br)cc2Br)ccc1Cl. The highest BCUT2D eigenvalue weighted by molar-refractivity contribution is 9.11. The van der Waals surface area contributed by atoms with E-state index >= 15 is 0 Å². The molecule has 2 aromatic carbocycles. The zero-order valence-corrected chi connectivity index (χ0v) is 16.0. The second-order valence-electron chi connectivity index (χ2n) is 4.50. The van der Waals surface area contributed by atoms with Crippen LogP contribution in [0.5, 0.6) is 0 Å². The highest BCUT2D eigenvalue weighted by atomic mass is 79.9. The van der Waals surface area contributed by atoms with Crippen LogP contribution in [-0.4, -0.2) is 20.6 Å². The summed E-state index contributed by atoms with van der Waals surface area (Å²) in [6, 6.07) is 9.42. The minimum Gasteiger partial charge on any atom is -0.321 e. The first-order chi connectivity index (χ1) is 10.2. The molecule has 0 spiro atoms. The number of sulfone groups is 1. The Balaban J connectivity index is 2.34. The summed E-state index contributed by atoms with van der Waals surface area (Å²) in [5, 5.41) is 2.79. The van der Waals surface area contributed by atoms with Crippen molar-refractivity contribution in [1.29, 1.82) is 0 Å². The Morgan fingerprint density at radius 2 is 1.82 bits per heavy atom. The van der Waals surface area contributed by atoms with Crippen LogP contribution in [0.1, 0.15) is 10.4 Å². The van der Waals surface area contributed by atoms with Gasteiger partial charge in [0.15, 0.2) is 9.84 Å². The van der Waals surface area contributed by atoms with Gasteiger partial charge in [-0.05, 0) is 52.3 Å². The largest absolute Gasteiger partial charge is 0.321 e. The fourth-order valence-corrected chi connectivity index (χ4v) is 4.16. The van der Waals surface area contributed by atoms with Crippen LogP contribution in [0.2, 0.25) is 5.02 Å². The lowest BCUT2D eigenvalue weighted by atomic mass is 10.2. The van der Waals surface area contributed by atoms with Crippen LogP contribution in [0, 0.1) is 0 Å². The van der Waals surface area contributed by atoms with Crippen molar-refractivity contribution in [2.75, 3.05) is 11.6 Å². The average Bonchev–Trinajstić information content (AvgIpc) is 2.41. The van der Waals surface area contributed by atoms with Crippen LogP contribution >= 0.6 is 43.5 Å². The third-order valence-electron chi connectivity index (χ3n) is 2.77. The number of hydrogen-bond donors (Lipinski definition) is 1. The van der Waals surface area contributed by atoms with E-state index in [-0.39, 0.29) is 15.5 Å². The molecule has 0 radical (unpaired) electrons. The Morgan fingerprint density at radius 3 is 2.41 bits per heavy atom.